The molecule has 0 fully saturated rings. The normalized spacial score (nSPS) is 5.33. The number of rotatable bonds is 1. The van der Waals surface area contributed by atoms with Gasteiger partial charge in [-0.2, -0.15) is 0 Å². The van der Waals surface area contributed by atoms with Crippen LogP contribution >= 0.6 is 0 Å². The molecule has 0 aliphatic carbocycles. The molecule has 6 heavy (non-hydrogen) atoms. The summed E-state index contributed by atoms with van der Waals surface area (Å²) in [6.07, 6.45) is 8.20. The minimum absolute atomic E-state index is 0. The summed E-state index contributed by atoms with van der Waals surface area (Å²) < 4.78 is 0. The summed E-state index contributed by atoms with van der Waals surface area (Å²) in [5, 5.41) is 0. The summed E-state index contributed by atoms with van der Waals surface area (Å²) in [4.78, 5) is 0. The second-order valence-corrected chi connectivity index (χ2v) is 0.927. The minimum atomic E-state index is 0. The van der Waals surface area contributed by atoms with Gasteiger partial charge in [0.05, 0.1) is 0 Å². The second kappa shape index (κ2) is 9.18. The average Bonchev–Trinajstić information content (AvgIpc) is 1.41. The number of hydrogen-bond donors (Lipinski definition) is 0. The molecule has 0 aromatic rings. The van der Waals surface area contributed by atoms with Crippen molar-refractivity contribution in [2.75, 3.05) is 0 Å². The van der Waals surface area contributed by atoms with Gasteiger partial charge in [-0.05, 0) is 12.8 Å². The van der Waals surface area contributed by atoms with Crippen LogP contribution in [-0.2, 0) is 32.7 Å². The van der Waals surface area contributed by atoms with Gasteiger partial charge >= 0.3 is 0 Å². The molecule has 0 aliphatic heterocycles. The monoisotopic (exact) mass is 156 g/mol. The molecular weight excluding hydrogens is 149 g/mol. The van der Waals surface area contributed by atoms with Crippen LogP contribution < -0.4 is 0 Å². The Morgan fingerprint density at radius 3 is 2.17 bits per heavy atom. The van der Waals surface area contributed by atoms with Gasteiger partial charge in [0, 0.05) is 32.7 Å². The van der Waals surface area contributed by atoms with E-state index in [1.807, 2.05) is 6.92 Å². The first-order valence-corrected chi connectivity index (χ1v) is 1.81. The largest absolute Gasteiger partial charge is 0.694 e. The fraction of sp³-hybridized carbons (Fsp3) is 0.600. The third kappa shape index (κ3) is 8.82. The summed E-state index contributed by atoms with van der Waals surface area (Å²) in [6.45, 7) is 2.03. The Morgan fingerprint density at radius 2 is 2.17 bits per heavy atom. The number of hydrogen-bond acceptors (Lipinski definition) is 0. The van der Waals surface area contributed by atoms with E-state index >= 15 is 0 Å². The first-order chi connectivity index (χ1) is 2.41. The van der Waals surface area contributed by atoms with Crippen molar-refractivity contribution in [3.63, 3.8) is 0 Å². The van der Waals surface area contributed by atoms with Crippen molar-refractivity contribution in [1.82, 2.24) is 0 Å². The third-order valence-electron chi connectivity index (χ3n) is 0.375. The Hall–Kier alpha value is 0.664. The van der Waals surface area contributed by atoms with Gasteiger partial charge < -0.3 is 12.3 Å². The Balaban J connectivity index is 0. The molecule has 0 spiro atoms. The first kappa shape index (κ1) is 9.83. The van der Waals surface area contributed by atoms with E-state index in [4.69, 9.17) is 6.42 Å². The summed E-state index contributed by atoms with van der Waals surface area (Å²) in [7, 11) is 0. The molecule has 0 amide bonds. The van der Waals surface area contributed by atoms with Gasteiger partial charge in [0.25, 0.3) is 0 Å². The molecule has 0 aromatic carbocycles. The van der Waals surface area contributed by atoms with Gasteiger partial charge in [-0.15, -0.1) is 0 Å². The number of unbranched alkanes of at least 4 members (excludes halogenated alkanes) is 1. The minimum Gasteiger partial charge on any atom is -0.694 e. The molecule has 0 bridgehead atoms. The zero-order chi connectivity index (χ0) is 4.12. The maximum atomic E-state index is 6.35. The van der Waals surface area contributed by atoms with Crippen molar-refractivity contribution >= 4 is 0 Å². The summed E-state index contributed by atoms with van der Waals surface area (Å²) >= 11 is 0. The Labute approximate surface area is 64.6 Å². The molecule has 0 saturated heterocycles. The van der Waals surface area contributed by atoms with E-state index in [1.54, 1.807) is 0 Å². The maximum absolute atomic E-state index is 6.35. The second-order valence-electron chi connectivity index (χ2n) is 0.927. The topological polar surface area (TPSA) is 0 Å². The molecule has 0 aromatic heterocycles. The van der Waals surface area contributed by atoms with Crippen LogP contribution in [0.4, 0.5) is 0 Å². The van der Waals surface area contributed by atoms with Crippen LogP contribution in [0.15, 0.2) is 0 Å². The SMILES string of the molecule is [C-]#CCCC.[Y]. The van der Waals surface area contributed by atoms with Crippen molar-refractivity contribution in [3.05, 3.63) is 6.42 Å². The van der Waals surface area contributed by atoms with Crippen LogP contribution in [0.1, 0.15) is 19.8 Å². The predicted molar refractivity (Wildman–Crippen MR) is 22.0 cm³/mol. The molecule has 0 saturated carbocycles. The van der Waals surface area contributed by atoms with E-state index in [-0.39, 0.29) is 32.7 Å². The smallest absolute Gasteiger partial charge is 0 e. The summed E-state index contributed by atoms with van der Waals surface area (Å²) in [5.41, 5.74) is 0. The summed E-state index contributed by atoms with van der Waals surface area (Å²) in [6, 6.07) is 0. The van der Waals surface area contributed by atoms with Crippen molar-refractivity contribution in [1.29, 1.82) is 0 Å². The standard InChI is InChI=1S/C5H7.Y/c1-3-5-4-2;/h3,5H2,1H3;/q-1;. The van der Waals surface area contributed by atoms with Gasteiger partial charge in [0.1, 0.15) is 0 Å². The van der Waals surface area contributed by atoms with Crippen molar-refractivity contribution in [3.8, 4) is 5.92 Å². The third-order valence-corrected chi connectivity index (χ3v) is 0.375. The Morgan fingerprint density at radius 1 is 1.67 bits per heavy atom. The van der Waals surface area contributed by atoms with Gasteiger partial charge in [0.15, 0.2) is 0 Å². The van der Waals surface area contributed by atoms with E-state index in [2.05, 4.69) is 5.92 Å². The Kier molecular flexibility index (Phi) is 15.0. The van der Waals surface area contributed by atoms with Gasteiger partial charge in [-0.25, -0.2) is 0 Å². The van der Waals surface area contributed by atoms with E-state index in [0.29, 0.717) is 0 Å². The molecule has 0 unspecified atom stereocenters. The molecule has 1 radical (unpaired) electrons. The van der Waals surface area contributed by atoms with Crippen molar-refractivity contribution in [2.24, 2.45) is 0 Å². The molecule has 1 heteroatoms. The molecule has 0 aliphatic rings. The van der Waals surface area contributed by atoms with E-state index in [1.165, 1.54) is 0 Å². The molecule has 0 atom stereocenters. The molecule has 0 N–H and O–H groups in total. The fourth-order valence-corrected chi connectivity index (χ4v) is 0.125. The van der Waals surface area contributed by atoms with Crippen LogP contribution in [-0.4, -0.2) is 0 Å². The quantitative estimate of drug-likeness (QED) is 0.397. The van der Waals surface area contributed by atoms with Gasteiger partial charge in [0.2, 0.25) is 0 Å². The van der Waals surface area contributed by atoms with E-state index in [0.717, 1.165) is 12.8 Å². The van der Waals surface area contributed by atoms with Crippen LogP contribution in [0.25, 0.3) is 0 Å². The maximum Gasteiger partial charge on any atom is 0 e. The zero-order valence-corrected chi connectivity index (χ0v) is 6.83. The van der Waals surface area contributed by atoms with Crippen LogP contribution in [0.3, 0.4) is 0 Å². The molecule has 31 valence electrons. The van der Waals surface area contributed by atoms with Gasteiger partial charge in [-0.3, -0.25) is 0 Å². The molecular formula is C5H7Y-. The molecule has 0 rings (SSSR count). The molecule has 0 heterocycles. The predicted octanol–water partition coefficient (Wildman–Crippen LogP) is 1.37. The van der Waals surface area contributed by atoms with Crippen LogP contribution in [0.5, 0.6) is 0 Å². The van der Waals surface area contributed by atoms with Crippen molar-refractivity contribution < 1.29 is 32.7 Å². The first-order valence-electron chi connectivity index (χ1n) is 1.81. The van der Waals surface area contributed by atoms with E-state index < -0.39 is 0 Å². The van der Waals surface area contributed by atoms with Crippen LogP contribution in [0.2, 0.25) is 0 Å². The summed E-state index contributed by atoms with van der Waals surface area (Å²) in [5.74, 6) is 2.27. The van der Waals surface area contributed by atoms with E-state index in [9.17, 15) is 0 Å². The van der Waals surface area contributed by atoms with Crippen LogP contribution in [0, 0.1) is 12.3 Å². The average molecular weight is 156 g/mol. The zero-order valence-electron chi connectivity index (χ0n) is 3.99. The molecule has 0 nitrogen and oxygen atoms in total. The fourth-order valence-electron chi connectivity index (χ4n) is 0.125. The van der Waals surface area contributed by atoms with Crippen molar-refractivity contribution in [2.45, 2.75) is 19.8 Å². The van der Waals surface area contributed by atoms with Gasteiger partial charge in [-0.1, -0.05) is 6.92 Å². The Bertz CT molecular complexity index is 42.4.